The first-order valence-electron chi connectivity index (χ1n) is 4.97. The van der Waals surface area contributed by atoms with E-state index in [9.17, 15) is 21.6 Å². The number of nitrogens with one attached hydrogen (secondary N) is 1. The summed E-state index contributed by atoms with van der Waals surface area (Å²) in [6, 6.07) is 2.76. The Hall–Kier alpha value is -1.51. The third kappa shape index (κ3) is 5.71. The Balaban J connectivity index is 2.52. The standard InChI is InChI=1S/C9H12F3N3O2S/c10-9(11,12)4-1-5-18(16,17)15-7-2-3-8(13)14-6-7/h2-3,6,15H,1,4-5H2,(H2,13,14). The van der Waals surface area contributed by atoms with Crippen LogP contribution < -0.4 is 10.5 Å². The van der Waals surface area contributed by atoms with Crippen molar-refractivity contribution in [1.29, 1.82) is 0 Å². The molecule has 0 aliphatic rings. The first-order valence-corrected chi connectivity index (χ1v) is 6.62. The van der Waals surface area contributed by atoms with Crippen LogP contribution in [0.25, 0.3) is 0 Å². The number of sulfonamides is 1. The molecule has 3 N–H and O–H groups in total. The van der Waals surface area contributed by atoms with E-state index < -0.39 is 34.8 Å². The van der Waals surface area contributed by atoms with Crippen LogP contribution in [-0.2, 0) is 10.0 Å². The summed E-state index contributed by atoms with van der Waals surface area (Å²) < 4.78 is 60.6. The second-order valence-electron chi connectivity index (χ2n) is 3.61. The first kappa shape index (κ1) is 14.6. The van der Waals surface area contributed by atoms with Gasteiger partial charge in [0.2, 0.25) is 10.0 Å². The number of hydrogen-bond acceptors (Lipinski definition) is 4. The normalized spacial score (nSPS) is 12.4. The van der Waals surface area contributed by atoms with Gasteiger partial charge in [-0.25, -0.2) is 13.4 Å². The number of nitrogen functional groups attached to an aromatic ring is 1. The molecule has 0 atom stereocenters. The smallest absolute Gasteiger partial charge is 0.384 e. The molecular weight excluding hydrogens is 271 g/mol. The van der Waals surface area contributed by atoms with Crippen LogP contribution in [-0.4, -0.2) is 25.3 Å². The molecule has 0 saturated heterocycles. The molecule has 18 heavy (non-hydrogen) atoms. The second-order valence-corrected chi connectivity index (χ2v) is 5.45. The Morgan fingerprint density at radius 2 is 2.00 bits per heavy atom. The van der Waals surface area contributed by atoms with Gasteiger partial charge in [-0.1, -0.05) is 0 Å². The Labute approximate surface area is 102 Å². The van der Waals surface area contributed by atoms with Crippen molar-refractivity contribution < 1.29 is 21.6 Å². The number of pyridine rings is 1. The lowest BCUT2D eigenvalue weighted by Gasteiger charge is -2.09. The maximum absolute atomic E-state index is 11.9. The Kier molecular flexibility index (Phi) is 4.38. The molecule has 0 aliphatic heterocycles. The number of aromatic nitrogens is 1. The van der Waals surface area contributed by atoms with E-state index in [-0.39, 0.29) is 11.5 Å². The predicted octanol–water partition coefficient (Wildman–Crippen LogP) is 1.75. The van der Waals surface area contributed by atoms with E-state index >= 15 is 0 Å². The molecule has 1 aromatic rings. The minimum absolute atomic E-state index is 0.163. The van der Waals surface area contributed by atoms with E-state index in [0.29, 0.717) is 0 Å². The second kappa shape index (κ2) is 5.42. The van der Waals surface area contributed by atoms with E-state index in [2.05, 4.69) is 9.71 Å². The highest BCUT2D eigenvalue weighted by atomic mass is 32.2. The van der Waals surface area contributed by atoms with Crippen LogP contribution in [0, 0.1) is 0 Å². The average molecular weight is 283 g/mol. The predicted molar refractivity (Wildman–Crippen MR) is 61.3 cm³/mol. The van der Waals surface area contributed by atoms with E-state index in [0.717, 1.165) is 0 Å². The van der Waals surface area contributed by atoms with Crippen LogP contribution in [0.5, 0.6) is 0 Å². The van der Waals surface area contributed by atoms with Gasteiger partial charge in [0.15, 0.2) is 0 Å². The van der Waals surface area contributed by atoms with Gasteiger partial charge in [0.1, 0.15) is 5.82 Å². The summed E-state index contributed by atoms with van der Waals surface area (Å²) in [5, 5.41) is 0. The number of nitrogens with two attached hydrogens (primary N) is 1. The molecule has 0 spiro atoms. The van der Waals surface area contributed by atoms with E-state index in [1.165, 1.54) is 18.3 Å². The molecule has 0 saturated carbocycles. The van der Waals surface area contributed by atoms with E-state index in [1.54, 1.807) is 0 Å². The van der Waals surface area contributed by atoms with Crippen molar-refractivity contribution in [1.82, 2.24) is 4.98 Å². The Morgan fingerprint density at radius 1 is 1.33 bits per heavy atom. The zero-order chi connectivity index (χ0) is 13.8. The molecule has 5 nitrogen and oxygen atoms in total. The highest BCUT2D eigenvalue weighted by Gasteiger charge is 2.27. The molecule has 0 aromatic carbocycles. The van der Waals surface area contributed by atoms with Gasteiger partial charge < -0.3 is 5.73 Å². The van der Waals surface area contributed by atoms with Crippen molar-refractivity contribution in [2.45, 2.75) is 19.0 Å². The number of anilines is 2. The highest BCUT2D eigenvalue weighted by molar-refractivity contribution is 7.92. The van der Waals surface area contributed by atoms with Crippen molar-refractivity contribution in [3.63, 3.8) is 0 Å². The fourth-order valence-corrected chi connectivity index (χ4v) is 2.27. The molecule has 0 radical (unpaired) electrons. The topological polar surface area (TPSA) is 85.1 Å². The monoisotopic (exact) mass is 283 g/mol. The van der Waals surface area contributed by atoms with Crippen molar-refractivity contribution in [2.75, 3.05) is 16.2 Å². The number of nitrogens with zero attached hydrogens (tertiary/aromatic N) is 1. The van der Waals surface area contributed by atoms with E-state index in [4.69, 9.17) is 5.73 Å². The van der Waals surface area contributed by atoms with Crippen molar-refractivity contribution in [2.24, 2.45) is 0 Å². The molecule has 0 aliphatic carbocycles. The zero-order valence-electron chi connectivity index (χ0n) is 9.24. The molecule has 0 amide bonds. The van der Waals surface area contributed by atoms with Gasteiger partial charge in [-0.3, -0.25) is 4.72 Å². The summed E-state index contributed by atoms with van der Waals surface area (Å²) in [7, 11) is -3.80. The molecule has 102 valence electrons. The molecular formula is C9H12F3N3O2S. The fraction of sp³-hybridized carbons (Fsp3) is 0.444. The van der Waals surface area contributed by atoms with Crippen LogP contribution in [0.4, 0.5) is 24.7 Å². The average Bonchev–Trinajstić information content (AvgIpc) is 2.18. The SMILES string of the molecule is Nc1ccc(NS(=O)(=O)CCCC(F)(F)F)cn1. The van der Waals surface area contributed by atoms with Crippen LogP contribution in [0.1, 0.15) is 12.8 Å². The number of alkyl halides is 3. The molecule has 0 bridgehead atoms. The molecule has 1 aromatic heterocycles. The van der Waals surface area contributed by atoms with Gasteiger partial charge >= 0.3 is 6.18 Å². The summed E-state index contributed by atoms with van der Waals surface area (Å²) in [5.74, 6) is -0.383. The summed E-state index contributed by atoms with van der Waals surface area (Å²) >= 11 is 0. The summed E-state index contributed by atoms with van der Waals surface area (Å²) in [4.78, 5) is 3.65. The van der Waals surface area contributed by atoms with Gasteiger partial charge in [-0.2, -0.15) is 13.2 Å². The maximum Gasteiger partial charge on any atom is 0.389 e. The lowest BCUT2D eigenvalue weighted by Crippen LogP contribution is -2.19. The highest BCUT2D eigenvalue weighted by Crippen LogP contribution is 2.21. The van der Waals surface area contributed by atoms with Crippen LogP contribution >= 0.6 is 0 Å². The van der Waals surface area contributed by atoms with Crippen molar-refractivity contribution in [3.8, 4) is 0 Å². The minimum Gasteiger partial charge on any atom is -0.384 e. The lowest BCUT2D eigenvalue weighted by molar-refractivity contribution is -0.134. The minimum atomic E-state index is -4.35. The van der Waals surface area contributed by atoms with Crippen LogP contribution in [0.3, 0.4) is 0 Å². The molecule has 0 unspecified atom stereocenters. The Morgan fingerprint density at radius 3 is 2.50 bits per heavy atom. The Bertz CT molecular complexity index is 485. The zero-order valence-corrected chi connectivity index (χ0v) is 10.1. The summed E-state index contributed by atoms with van der Waals surface area (Å²) in [6.45, 7) is 0. The molecule has 1 heterocycles. The van der Waals surface area contributed by atoms with Crippen LogP contribution in [0.2, 0.25) is 0 Å². The van der Waals surface area contributed by atoms with E-state index in [1.807, 2.05) is 0 Å². The summed E-state index contributed by atoms with van der Waals surface area (Å²) in [6.07, 6.45) is -4.77. The summed E-state index contributed by atoms with van der Waals surface area (Å²) in [5.41, 5.74) is 5.47. The van der Waals surface area contributed by atoms with Gasteiger partial charge in [0.05, 0.1) is 17.6 Å². The van der Waals surface area contributed by atoms with Crippen molar-refractivity contribution >= 4 is 21.5 Å². The quantitative estimate of drug-likeness (QED) is 0.862. The van der Waals surface area contributed by atoms with Gasteiger partial charge in [0.25, 0.3) is 0 Å². The molecule has 0 fully saturated rings. The third-order valence-corrected chi connectivity index (χ3v) is 3.31. The van der Waals surface area contributed by atoms with Gasteiger partial charge in [-0.05, 0) is 18.6 Å². The lowest BCUT2D eigenvalue weighted by atomic mass is 10.3. The third-order valence-electron chi connectivity index (χ3n) is 1.93. The number of halogens is 3. The molecule has 1 rings (SSSR count). The first-order chi connectivity index (χ1) is 8.18. The van der Waals surface area contributed by atoms with Gasteiger partial charge in [-0.15, -0.1) is 0 Å². The number of hydrogen-bond donors (Lipinski definition) is 2. The fourth-order valence-electron chi connectivity index (χ4n) is 1.16. The largest absolute Gasteiger partial charge is 0.389 e. The van der Waals surface area contributed by atoms with Gasteiger partial charge in [0, 0.05) is 6.42 Å². The van der Waals surface area contributed by atoms with Crippen LogP contribution in [0.15, 0.2) is 18.3 Å². The maximum atomic E-state index is 11.9. The molecule has 9 heteroatoms. The number of rotatable bonds is 5. The van der Waals surface area contributed by atoms with Crippen molar-refractivity contribution in [3.05, 3.63) is 18.3 Å².